The van der Waals surface area contributed by atoms with Crippen LogP contribution in [0.3, 0.4) is 0 Å². The fourth-order valence-electron chi connectivity index (χ4n) is 1.57. The summed E-state index contributed by atoms with van der Waals surface area (Å²) in [5.74, 6) is 0. The molecular weight excluding hydrogens is 164 g/mol. The van der Waals surface area contributed by atoms with Gasteiger partial charge in [-0.3, -0.25) is 9.36 Å². The molecule has 3 nitrogen and oxygen atoms in total. The molecular formula is C10H14N2O. The Hall–Kier alpha value is -1.12. The van der Waals surface area contributed by atoms with Crippen molar-refractivity contribution < 1.29 is 0 Å². The van der Waals surface area contributed by atoms with Gasteiger partial charge in [0.15, 0.2) is 0 Å². The summed E-state index contributed by atoms with van der Waals surface area (Å²) in [6.07, 6.45) is 5.19. The van der Waals surface area contributed by atoms with E-state index in [1.165, 1.54) is 6.42 Å². The van der Waals surface area contributed by atoms with Crippen molar-refractivity contribution in [2.75, 3.05) is 0 Å². The number of hydrogen-bond donors (Lipinski definition) is 0. The van der Waals surface area contributed by atoms with E-state index >= 15 is 0 Å². The molecule has 1 heterocycles. The highest BCUT2D eigenvalue weighted by molar-refractivity contribution is 5.13. The minimum absolute atomic E-state index is 0.136. The van der Waals surface area contributed by atoms with Gasteiger partial charge in [0.2, 0.25) is 0 Å². The van der Waals surface area contributed by atoms with E-state index in [0.717, 1.165) is 24.1 Å². The molecule has 0 aliphatic heterocycles. The standard InChI is InChI=1S/C10H14N2O/c1-7-8(2)11-6-12(10(7)13)9-4-3-5-9/h6,9H,3-5H2,1-2H3. The van der Waals surface area contributed by atoms with Crippen molar-refractivity contribution in [3.63, 3.8) is 0 Å². The van der Waals surface area contributed by atoms with Crippen molar-refractivity contribution in [3.05, 3.63) is 27.9 Å². The van der Waals surface area contributed by atoms with Gasteiger partial charge in [0, 0.05) is 17.3 Å². The van der Waals surface area contributed by atoms with Crippen LogP contribution in [-0.2, 0) is 0 Å². The minimum atomic E-state index is 0.136. The van der Waals surface area contributed by atoms with Crippen LogP contribution in [0.2, 0.25) is 0 Å². The number of rotatable bonds is 1. The Morgan fingerprint density at radius 3 is 2.69 bits per heavy atom. The smallest absolute Gasteiger partial charge is 0.256 e. The van der Waals surface area contributed by atoms with Crippen molar-refractivity contribution in [2.45, 2.75) is 39.2 Å². The van der Waals surface area contributed by atoms with Crippen LogP contribution in [0.25, 0.3) is 0 Å². The summed E-state index contributed by atoms with van der Waals surface area (Å²) in [7, 11) is 0. The predicted molar refractivity (Wildman–Crippen MR) is 50.9 cm³/mol. The average molecular weight is 178 g/mol. The number of aryl methyl sites for hydroxylation is 1. The molecule has 0 radical (unpaired) electrons. The maximum atomic E-state index is 11.7. The Morgan fingerprint density at radius 2 is 2.15 bits per heavy atom. The first kappa shape index (κ1) is 8.48. The van der Waals surface area contributed by atoms with Crippen LogP contribution < -0.4 is 5.56 Å². The molecule has 1 fully saturated rings. The third-order valence-corrected chi connectivity index (χ3v) is 2.94. The van der Waals surface area contributed by atoms with Crippen LogP contribution in [0, 0.1) is 13.8 Å². The second-order valence-corrected chi connectivity index (χ2v) is 3.75. The van der Waals surface area contributed by atoms with E-state index < -0.39 is 0 Å². The van der Waals surface area contributed by atoms with Crippen molar-refractivity contribution in [2.24, 2.45) is 0 Å². The molecule has 1 aromatic rings. The Kier molecular flexibility index (Phi) is 1.94. The van der Waals surface area contributed by atoms with Crippen molar-refractivity contribution in [1.29, 1.82) is 0 Å². The van der Waals surface area contributed by atoms with E-state index in [4.69, 9.17) is 0 Å². The van der Waals surface area contributed by atoms with Gasteiger partial charge < -0.3 is 0 Å². The van der Waals surface area contributed by atoms with Crippen LogP contribution in [0.1, 0.15) is 36.6 Å². The largest absolute Gasteiger partial charge is 0.296 e. The number of nitrogens with zero attached hydrogens (tertiary/aromatic N) is 2. The highest BCUT2D eigenvalue weighted by atomic mass is 16.1. The molecule has 0 amide bonds. The van der Waals surface area contributed by atoms with Crippen molar-refractivity contribution >= 4 is 0 Å². The van der Waals surface area contributed by atoms with E-state index in [0.29, 0.717) is 6.04 Å². The van der Waals surface area contributed by atoms with Gasteiger partial charge in [-0.05, 0) is 33.1 Å². The number of hydrogen-bond acceptors (Lipinski definition) is 2. The molecule has 1 aliphatic carbocycles. The average Bonchev–Trinajstić information content (AvgIpc) is 2.03. The molecule has 0 bridgehead atoms. The lowest BCUT2D eigenvalue weighted by atomic mass is 9.93. The highest BCUT2D eigenvalue weighted by Crippen LogP contribution is 2.29. The summed E-state index contributed by atoms with van der Waals surface area (Å²) >= 11 is 0. The third-order valence-electron chi connectivity index (χ3n) is 2.94. The van der Waals surface area contributed by atoms with E-state index in [2.05, 4.69) is 4.98 Å². The van der Waals surface area contributed by atoms with Gasteiger partial charge in [-0.25, -0.2) is 4.98 Å². The second-order valence-electron chi connectivity index (χ2n) is 3.75. The highest BCUT2D eigenvalue weighted by Gasteiger charge is 2.21. The fourth-order valence-corrected chi connectivity index (χ4v) is 1.57. The van der Waals surface area contributed by atoms with Gasteiger partial charge in [0.05, 0.1) is 6.33 Å². The quantitative estimate of drug-likeness (QED) is 0.654. The van der Waals surface area contributed by atoms with E-state index in [1.54, 1.807) is 10.9 Å². The third kappa shape index (κ3) is 1.28. The van der Waals surface area contributed by atoms with Gasteiger partial charge in [0.1, 0.15) is 0 Å². The summed E-state index contributed by atoms with van der Waals surface area (Å²) in [5.41, 5.74) is 1.77. The topological polar surface area (TPSA) is 34.9 Å². The van der Waals surface area contributed by atoms with Crippen LogP contribution in [0.15, 0.2) is 11.1 Å². The van der Waals surface area contributed by atoms with E-state index in [9.17, 15) is 4.79 Å². The molecule has 70 valence electrons. The molecule has 0 N–H and O–H groups in total. The van der Waals surface area contributed by atoms with Crippen LogP contribution in [-0.4, -0.2) is 9.55 Å². The lowest BCUT2D eigenvalue weighted by Crippen LogP contribution is -2.31. The van der Waals surface area contributed by atoms with Crippen LogP contribution >= 0.6 is 0 Å². The maximum Gasteiger partial charge on any atom is 0.256 e. The normalized spacial score (nSPS) is 17.1. The molecule has 13 heavy (non-hydrogen) atoms. The molecule has 0 saturated heterocycles. The summed E-state index contributed by atoms with van der Waals surface area (Å²) in [6.45, 7) is 3.72. The van der Waals surface area contributed by atoms with Gasteiger partial charge in [0.25, 0.3) is 5.56 Å². The summed E-state index contributed by atoms with van der Waals surface area (Å²) in [6, 6.07) is 0.416. The zero-order valence-electron chi connectivity index (χ0n) is 8.08. The van der Waals surface area contributed by atoms with E-state index in [-0.39, 0.29) is 5.56 Å². The van der Waals surface area contributed by atoms with Crippen molar-refractivity contribution in [1.82, 2.24) is 9.55 Å². The fraction of sp³-hybridized carbons (Fsp3) is 0.600. The lowest BCUT2D eigenvalue weighted by molar-refractivity contribution is 0.302. The summed E-state index contributed by atoms with van der Waals surface area (Å²) in [5, 5.41) is 0. The first-order chi connectivity index (χ1) is 6.20. The Balaban J connectivity index is 2.47. The van der Waals surface area contributed by atoms with E-state index in [1.807, 2.05) is 13.8 Å². The lowest BCUT2D eigenvalue weighted by Gasteiger charge is -2.27. The Morgan fingerprint density at radius 1 is 1.46 bits per heavy atom. The molecule has 0 spiro atoms. The first-order valence-electron chi connectivity index (χ1n) is 4.74. The molecule has 0 unspecified atom stereocenters. The molecule has 1 saturated carbocycles. The molecule has 2 rings (SSSR count). The minimum Gasteiger partial charge on any atom is -0.296 e. The molecule has 0 aromatic carbocycles. The maximum absolute atomic E-state index is 11.7. The Bertz CT molecular complexity index is 377. The number of aromatic nitrogens is 2. The second kappa shape index (κ2) is 2.98. The van der Waals surface area contributed by atoms with Crippen LogP contribution in [0.4, 0.5) is 0 Å². The molecule has 1 aliphatic rings. The SMILES string of the molecule is Cc1ncn(C2CCC2)c(=O)c1C. The van der Waals surface area contributed by atoms with Gasteiger partial charge >= 0.3 is 0 Å². The van der Waals surface area contributed by atoms with Crippen molar-refractivity contribution in [3.8, 4) is 0 Å². The van der Waals surface area contributed by atoms with Gasteiger partial charge in [-0.1, -0.05) is 0 Å². The summed E-state index contributed by atoms with van der Waals surface area (Å²) in [4.78, 5) is 16.0. The Labute approximate surface area is 77.4 Å². The summed E-state index contributed by atoms with van der Waals surface area (Å²) < 4.78 is 1.78. The molecule has 1 aromatic heterocycles. The van der Waals surface area contributed by atoms with Gasteiger partial charge in [-0.15, -0.1) is 0 Å². The van der Waals surface area contributed by atoms with Gasteiger partial charge in [-0.2, -0.15) is 0 Å². The molecule has 3 heteroatoms. The zero-order chi connectivity index (χ0) is 9.42. The molecule has 0 atom stereocenters. The van der Waals surface area contributed by atoms with Crippen LogP contribution in [0.5, 0.6) is 0 Å². The predicted octanol–water partition coefficient (Wildman–Crippen LogP) is 1.59. The first-order valence-corrected chi connectivity index (χ1v) is 4.74. The monoisotopic (exact) mass is 178 g/mol. The zero-order valence-corrected chi connectivity index (χ0v) is 8.08.